The maximum absolute atomic E-state index is 14.2. The molecule has 4 rings (SSSR count). The van der Waals surface area contributed by atoms with E-state index in [1.807, 2.05) is 51.1 Å². The van der Waals surface area contributed by atoms with Gasteiger partial charge in [0.25, 0.3) is 0 Å². The van der Waals surface area contributed by atoms with Crippen LogP contribution in [-0.2, 0) is 45.0 Å². The van der Waals surface area contributed by atoms with Gasteiger partial charge < -0.3 is 23.7 Å². The zero-order chi connectivity index (χ0) is 31.6. The summed E-state index contributed by atoms with van der Waals surface area (Å²) in [6, 6.07) is 15.0. The fourth-order valence-corrected chi connectivity index (χ4v) is 7.30. The van der Waals surface area contributed by atoms with Gasteiger partial charge in [-0.3, -0.25) is 4.79 Å². The van der Waals surface area contributed by atoms with E-state index in [2.05, 4.69) is 6.92 Å². The van der Waals surface area contributed by atoms with Gasteiger partial charge in [-0.2, -0.15) is 4.31 Å². The number of methoxy groups -OCH3 is 1. The fraction of sp³-hybridized carbons (Fsp3) is 0.606. The Morgan fingerprint density at radius 1 is 1.00 bits per heavy atom. The van der Waals surface area contributed by atoms with Gasteiger partial charge in [0.15, 0.2) is 12.1 Å². The minimum absolute atomic E-state index is 0.0284. The number of hydrogen-bond donors (Lipinski definition) is 0. The number of aryl methyl sites for hydroxylation is 1. The van der Waals surface area contributed by atoms with Crippen LogP contribution in [0.1, 0.15) is 71.9 Å². The molecule has 6 atom stereocenters. The third-order valence-corrected chi connectivity index (χ3v) is 9.61. The Bertz CT molecular complexity index is 1320. The molecule has 0 bridgehead atoms. The highest BCUT2D eigenvalue weighted by molar-refractivity contribution is 7.89. The molecule has 0 N–H and O–H groups in total. The summed E-state index contributed by atoms with van der Waals surface area (Å²) in [6.07, 6.45) is 0.0600. The van der Waals surface area contributed by atoms with E-state index in [0.29, 0.717) is 12.8 Å². The quantitative estimate of drug-likeness (QED) is 0.284. The summed E-state index contributed by atoms with van der Waals surface area (Å²) in [7, 11) is -2.48. The van der Waals surface area contributed by atoms with Crippen LogP contribution in [0.4, 0.5) is 0 Å². The number of sulfonamides is 1. The first-order valence-corrected chi connectivity index (χ1v) is 16.4. The van der Waals surface area contributed by atoms with Crippen molar-refractivity contribution in [1.82, 2.24) is 4.31 Å². The first-order valence-electron chi connectivity index (χ1n) is 15.0. The van der Waals surface area contributed by atoms with Crippen molar-refractivity contribution >= 4 is 16.0 Å². The highest BCUT2D eigenvalue weighted by atomic mass is 32.2. The molecule has 238 valence electrons. The van der Waals surface area contributed by atoms with Crippen molar-refractivity contribution in [2.75, 3.05) is 7.11 Å². The minimum Gasteiger partial charge on any atom is -0.459 e. The third kappa shape index (κ3) is 8.44. The first kappa shape index (κ1) is 33.6. The van der Waals surface area contributed by atoms with Crippen LogP contribution in [0.5, 0.6) is 0 Å². The van der Waals surface area contributed by atoms with Crippen LogP contribution < -0.4 is 0 Å². The van der Waals surface area contributed by atoms with Crippen molar-refractivity contribution in [3.8, 4) is 0 Å². The van der Waals surface area contributed by atoms with Gasteiger partial charge in [-0.25, -0.2) is 8.42 Å². The van der Waals surface area contributed by atoms with E-state index in [9.17, 15) is 13.2 Å². The molecular formula is C33H47NO8S. The van der Waals surface area contributed by atoms with E-state index in [1.54, 1.807) is 52.1 Å². The van der Waals surface area contributed by atoms with Gasteiger partial charge in [0.05, 0.1) is 11.0 Å². The second kappa shape index (κ2) is 13.3. The average Bonchev–Trinajstić information content (AvgIpc) is 3.40. The van der Waals surface area contributed by atoms with Crippen molar-refractivity contribution in [3.05, 3.63) is 65.7 Å². The van der Waals surface area contributed by atoms with E-state index in [4.69, 9.17) is 23.7 Å². The van der Waals surface area contributed by atoms with Crippen LogP contribution >= 0.6 is 0 Å². The normalized spacial score (nSPS) is 25.0. The number of rotatable bonds is 12. The smallest absolute Gasteiger partial charge is 0.324 e. The molecule has 2 aliphatic rings. The topological polar surface area (TPSA) is 101 Å². The maximum atomic E-state index is 14.2. The predicted octanol–water partition coefficient (Wildman–Crippen LogP) is 5.59. The maximum Gasteiger partial charge on any atom is 0.324 e. The number of benzene rings is 2. The van der Waals surface area contributed by atoms with E-state index in [1.165, 1.54) is 4.31 Å². The van der Waals surface area contributed by atoms with Crippen LogP contribution in [-0.4, -0.2) is 67.8 Å². The van der Waals surface area contributed by atoms with E-state index < -0.39 is 39.7 Å². The molecule has 43 heavy (non-hydrogen) atoms. The Morgan fingerprint density at radius 3 is 2.23 bits per heavy atom. The molecule has 0 spiro atoms. The van der Waals surface area contributed by atoms with Crippen LogP contribution in [0.2, 0.25) is 0 Å². The zero-order valence-electron chi connectivity index (χ0n) is 26.6. The number of esters is 1. The number of fused-ring (bicyclic) bond motifs is 1. The number of carbonyl (C=O) groups is 1. The molecule has 2 fully saturated rings. The molecule has 2 aliphatic heterocycles. The zero-order valence-corrected chi connectivity index (χ0v) is 27.4. The molecule has 0 amide bonds. The monoisotopic (exact) mass is 617 g/mol. The molecule has 2 heterocycles. The lowest BCUT2D eigenvalue weighted by Crippen LogP contribution is -2.47. The molecule has 0 unspecified atom stereocenters. The Balaban J connectivity index is 1.60. The van der Waals surface area contributed by atoms with Crippen LogP contribution in [0, 0.1) is 12.8 Å². The molecule has 0 aliphatic carbocycles. The number of carbonyl (C=O) groups excluding carboxylic acids is 1. The predicted molar refractivity (Wildman–Crippen MR) is 162 cm³/mol. The SMILES string of the molecule is CO[C@@H]1O[C@H](C[C@@H](C)CC[C@@H](C(=O)OC(C)(C)C)N(Cc2ccccc2)S(=O)(=O)c2ccc(C)cc2)[C@H]2OC(C)(C)O[C@@H]12. The van der Waals surface area contributed by atoms with Gasteiger partial charge in [0.1, 0.15) is 23.9 Å². The summed E-state index contributed by atoms with van der Waals surface area (Å²) in [4.78, 5) is 13.9. The van der Waals surface area contributed by atoms with Crippen LogP contribution in [0.15, 0.2) is 59.5 Å². The fourth-order valence-electron chi connectivity index (χ4n) is 5.70. The Morgan fingerprint density at radius 2 is 1.63 bits per heavy atom. The number of hydrogen-bond acceptors (Lipinski definition) is 8. The van der Waals surface area contributed by atoms with E-state index >= 15 is 0 Å². The first-order chi connectivity index (χ1) is 20.1. The van der Waals surface area contributed by atoms with Gasteiger partial charge in [-0.15, -0.1) is 0 Å². The second-order valence-electron chi connectivity index (χ2n) is 13.2. The highest BCUT2D eigenvalue weighted by Crippen LogP contribution is 2.41. The van der Waals surface area contributed by atoms with Crippen molar-refractivity contribution in [1.29, 1.82) is 0 Å². The van der Waals surface area contributed by atoms with Crippen molar-refractivity contribution in [3.63, 3.8) is 0 Å². The molecule has 2 aromatic rings. The summed E-state index contributed by atoms with van der Waals surface area (Å²) in [5, 5.41) is 0. The van der Waals surface area contributed by atoms with Gasteiger partial charge in [0, 0.05) is 13.7 Å². The number of nitrogens with zero attached hydrogens (tertiary/aromatic N) is 1. The van der Waals surface area contributed by atoms with Crippen molar-refractivity contribution in [2.45, 2.75) is 121 Å². The molecule has 0 radical (unpaired) electrons. The van der Waals surface area contributed by atoms with Crippen LogP contribution in [0.3, 0.4) is 0 Å². The lowest BCUT2D eigenvalue weighted by Gasteiger charge is -2.33. The largest absolute Gasteiger partial charge is 0.459 e. The van der Waals surface area contributed by atoms with E-state index in [0.717, 1.165) is 11.1 Å². The Labute approximate surface area is 256 Å². The average molecular weight is 618 g/mol. The third-order valence-electron chi connectivity index (χ3n) is 7.74. The van der Waals surface area contributed by atoms with Crippen molar-refractivity contribution < 1.29 is 36.9 Å². The molecule has 2 saturated heterocycles. The molecule has 0 saturated carbocycles. The highest BCUT2D eigenvalue weighted by Gasteiger charge is 2.55. The van der Waals surface area contributed by atoms with Crippen molar-refractivity contribution in [2.24, 2.45) is 5.92 Å². The van der Waals surface area contributed by atoms with Gasteiger partial charge >= 0.3 is 5.97 Å². The summed E-state index contributed by atoms with van der Waals surface area (Å²) in [5.74, 6) is -1.24. The van der Waals surface area contributed by atoms with Crippen LogP contribution in [0.25, 0.3) is 0 Å². The molecule has 9 nitrogen and oxygen atoms in total. The summed E-state index contributed by atoms with van der Waals surface area (Å²) in [6.45, 7) is 13.1. The second-order valence-corrected chi connectivity index (χ2v) is 15.1. The van der Waals surface area contributed by atoms with Gasteiger partial charge in [0.2, 0.25) is 10.0 Å². The lowest BCUT2D eigenvalue weighted by molar-refractivity contribution is -0.228. The Hall–Kier alpha value is -2.34. The number of ether oxygens (including phenoxy) is 5. The summed E-state index contributed by atoms with van der Waals surface area (Å²) >= 11 is 0. The van der Waals surface area contributed by atoms with E-state index in [-0.39, 0.29) is 42.1 Å². The minimum atomic E-state index is -4.07. The Kier molecular flexibility index (Phi) is 10.4. The van der Waals surface area contributed by atoms with Gasteiger partial charge in [-0.05, 0) is 84.4 Å². The molecule has 0 aromatic heterocycles. The molecular weight excluding hydrogens is 570 g/mol. The lowest BCUT2D eigenvalue weighted by atomic mass is 9.93. The summed E-state index contributed by atoms with van der Waals surface area (Å²) in [5.41, 5.74) is 0.927. The van der Waals surface area contributed by atoms with Gasteiger partial charge in [-0.1, -0.05) is 55.0 Å². The molecule has 10 heteroatoms. The molecule has 2 aromatic carbocycles. The standard InChI is InChI=1S/C33H47NO8S/c1-22-14-17-25(18-15-22)43(36,37)34(21-24-12-10-9-11-13-24)26(30(35)42-32(3,4)5)19-16-23(2)20-27-28-29(31(38-8)39-27)41-33(6,7)40-28/h9-15,17-18,23,26-29,31H,16,19-21H2,1-8H3/t23-,26-,27+,28+,29+,31+/m0/s1. The summed E-state index contributed by atoms with van der Waals surface area (Å²) < 4.78 is 59.3.